The molecule has 2 aromatic carbocycles. The molecule has 0 saturated carbocycles. The van der Waals surface area contributed by atoms with Crippen LogP contribution in [0.5, 0.6) is 23.0 Å². The van der Waals surface area contributed by atoms with Crippen molar-refractivity contribution in [3.05, 3.63) is 47.0 Å². The first-order valence-corrected chi connectivity index (χ1v) is 12.1. The van der Waals surface area contributed by atoms with Crippen molar-refractivity contribution in [2.45, 2.75) is 32.1 Å². The number of nitrogens with zero attached hydrogens (tertiary/aromatic N) is 2. The maximum Gasteiger partial charge on any atom is 0.227 e. The van der Waals surface area contributed by atoms with Crippen molar-refractivity contribution in [2.24, 2.45) is 5.92 Å². The molecule has 1 atom stereocenters. The molecule has 0 aliphatic carbocycles. The van der Waals surface area contributed by atoms with E-state index >= 15 is 0 Å². The van der Waals surface area contributed by atoms with Crippen molar-refractivity contribution < 1.29 is 24.1 Å². The van der Waals surface area contributed by atoms with Crippen LogP contribution in [-0.4, -0.2) is 74.9 Å². The average Bonchev–Trinajstić information content (AvgIpc) is 3.00. The summed E-state index contributed by atoms with van der Waals surface area (Å²) in [7, 11) is 4.85. The molecule has 2 aliphatic heterocycles. The van der Waals surface area contributed by atoms with Gasteiger partial charge >= 0.3 is 0 Å². The summed E-state index contributed by atoms with van der Waals surface area (Å²) in [6.07, 6.45) is 4.38. The van der Waals surface area contributed by atoms with Crippen molar-refractivity contribution in [2.75, 3.05) is 54.1 Å². The van der Waals surface area contributed by atoms with Crippen LogP contribution in [0.2, 0.25) is 0 Å². The normalized spacial score (nSPS) is 18.9. The van der Waals surface area contributed by atoms with E-state index < -0.39 is 0 Å². The topological polar surface area (TPSA) is 71.5 Å². The lowest BCUT2D eigenvalue weighted by Crippen LogP contribution is -2.44. The van der Waals surface area contributed by atoms with Crippen molar-refractivity contribution in [3.8, 4) is 23.0 Å². The van der Waals surface area contributed by atoms with Gasteiger partial charge in [-0.05, 0) is 79.1 Å². The van der Waals surface area contributed by atoms with Crippen LogP contribution in [0.4, 0.5) is 0 Å². The minimum absolute atomic E-state index is 0.138. The minimum Gasteiger partial charge on any atom is -0.504 e. The van der Waals surface area contributed by atoms with Crippen LogP contribution in [0.25, 0.3) is 0 Å². The molecule has 0 radical (unpaired) electrons. The van der Waals surface area contributed by atoms with Gasteiger partial charge in [0.15, 0.2) is 23.0 Å². The number of aromatic hydroxyl groups is 1. The van der Waals surface area contributed by atoms with E-state index in [1.807, 2.05) is 17.0 Å². The Kier molecular flexibility index (Phi) is 7.83. The maximum absolute atomic E-state index is 13.0. The zero-order valence-electron chi connectivity index (χ0n) is 20.5. The van der Waals surface area contributed by atoms with E-state index in [-0.39, 0.29) is 11.7 Å². The molecule has 0 spiro atoms. The quantitative estimate of drug-likeness (QED) is 0.641. The van der Waals surface area contributed by atoms with Gasteiger partial charge in [-0.25, -0.2) is 0 Å². The number of fused-ring (bicyclic) bond motifs is 1. The second-order valence-electron chi connectivity index (χ2n) is 9.31. The summed E-state index contributed by atoms with van der Waals surface area (Å²) in [5, 5.41) is 10.1. The highest BCUT2D eigenvalue weighted by molar-refractivity contribution is 5.80. The van der Waals surface area contributed by atoms with Gasteiger partial charge in [0.25, 0.3) is 0 Å². The predicted octanol–water partition coefficient (Wildman–Crippen LogP) is 3.30. The number of likely N-dealkylation sites (tertiary alicyclic amines) is 1. The third kappa shape index (κ3) is 5.58. The third-order valence-corrected chi connectivity index (χ3v) is 7.09. The summed E-state index contributed by atoms with van der Waals surface area (Å²) in [6.45, 7) is 4.59. The number of carbonyl (C=O) groups is 1. The van der Waals surface area contributed by atoms with E-state index in [0.29, 0.717) is 24.6 Å². The highest BCUT2D eigenvalue weighted by atomic mass is 16.5. The molecule has 2 heterocycles. The molecule has 34 heavy (non-hydrogen) atoms. The number of ether oxygens (including phenoxy) is 3. The van der Waals surface area contributed by atoms with Gasteiger partial charge < -0.3 is 29.1 Å². The van der Waals surface area contributed by atoms with Crippen molar-refractivity contribution in [3.63, 3.8) is 0 Å². The summed E-state index contributed by atoms with van der Waals surface area (Å²) in [5.74, 6) is 2.73. The van der Waals surface area contributed by atoms with E-state index in [1.165, 1.54) is 12.7 Å². The lowest BCUT2D eigenvalue weighted by atomic mass is 9.96. The molecule has 7 nitrogen and oxygen atoms in total. The second-order valence-corrected chi connectivity index (χ2v) is 9.31. The first-order chi connectivity index (χ1) is 16.5. The summed E-state index contributed by atoms with van der Waals surface area (Å²) in [4.78, 5) is 17.6. The van der Waals surface area contributed by atoms with Crippen LogP contribution in [0.15, 0.2) is 30.3 Å². The standard InChI is InChI=1S/C27H36N2O5/c1-32-24-7-6-19(13-26(24)34-3)8-11-28-10-4-5-20(17-28)18-29-12-9-21-14-23(30)25(33-2)15-22(21)16-27(29)31/h6-7,13-15,20,30H,4-5,8-12,16-18H2,1-3H3. The summed E-state index contributed by atoms with van der Waals surface area (Å²) >= 11 is 0. The molecule has 7 heteroatoms. The molecule has 2 aliphatic rings. The number of hydrogen-bond acceptors (Lipinski definition) is 6. The SMILES string of the molecule is COc1cc2c(cc1O)CCN(CC1CCCN(CCc3ccc(OC)c(OC)c3)C1)C(=O)C2. The van der Waals surface area contributed by atoms with Crippen molar-refractivity contribution >= 4 is 5.91 Å². The summed E-state index contributed by atoms with van der Waals surface area (Å²) in [6, 6.07) is 9.68. The first-order valence-electron chi connectivity index (χ1n) is 12.1. The number of piperidine rings is 1. The zero-order chi connectivity index (χ0) is 24.1. The second kappa shape index (κ2) is 11.0. The van der Waals surface area contributed by atoms with Gasteiger partial charge in [-0.15, -0.1) is 0 Å². The van der Waals surface area contributed by atoms with Crippen LogP contribution in [-0.2, 0) is 24.1 Å². The molecule has 0 aromatic heterocycles. The third-order valence-electron chi connectivity index (χ3n) is 7.09. The molecule has 1 amide bonds. The summed E-state index contributed by atoms with van der Waals surface area (Å²) in [5.41, 5.74) is 3.23. The number of carbonyl (C=O) groups excluding carboxylic acids is 1. The number of amides is 1. The Morgan fingerprint density at radius 3 is 2.53 bits per heavy atom. The number of benzene rings is 2. The van der Waals surface area contributed by atoms with Crippen molar-refractivity contribution in [1.82, 2.24) is 9.80 Å². The van der Waals surface area contributed by atoms with Gasteiger partial charge in [0.05, 0.1) is 27.8 Å². The van der Waals surface area contributed by atoms with Gasteiger partial charge in [0, 0.05) is 26.2 Å². The van der Waals surface area contributed by atoms with E-state index in [1.54, 1.807) is 20.3 Å². The molecule has 1 unspecified atom stereocenters. The predicted molar refractivity (Wildman–Crippen MR) is 131 cm³/mol. The van der Waals surface area contributed by atoms with Crippen LogP contribution in [0.3, 0.4) is 0 Å². The fraction of sp³-hybridized carbons (Fsp3) is 0.519. The minimum atomic E-state index is 0.138. The molecule has 0 bridgehead atoms. The number of hydrogen-bond donors (Lipinski definition) is 1. The van der Waals surface area contributed by atoms with Gasteiger partial charge in [-0.3, -0.25) is 4.79 Å². The Balaban J connectivity index is 1.32. The molecule has 1 fully saturated rings. The summed E-state index contributed by atoms with van der Waals surface area (Å²) < 4.78 is 16.0. The largest absolute Gasteiger partial charge is 0.504 e. The number of phenolic OH excluding ortho intramolecular Hbond substituents is 1. The smallest absolute Gasteiger partial charge is 0.227 e. The van der Waals surface area contributed by atoms with Crippen LogP contribution in [0.1, 0.15) is 29.5 Å². The van der Waals surface area contributed by atoms with E-state index in [2.05, 4.69) is 17.0 Å². The van der Waals surface area contributed by atoms with E-state index in [0.717, 1.165) is 74.5 Å². The molecule has 2 aromatic rings. The fourth-order valence-corrected chi connectivity index (χ4v) is 5.20. The number of phenols is 1. The Labute approximate surface area is 202 Å². The Hall–Kier alpha value is -2.93. The zero-order valence-corrected chi connectivity index (χ0v) is 20.5. The lowest BCUT2D eigenvalue weighted by molar-refractivity contribution is -0.131. The van der Waals surface area contributed by atoms with Gasteiger partial charge in [-0.1, -0.05) is 6.07 Å². The van der Waals surface area contributed by atoms with Gasteiger partial charge in [-0.2, -0.15) is 0 Å². The number of methoxy groups -OCH3 is 3. The maximum atomic E-state index is 13.0. The van der Waals surface area contributed by atoms with E-state index in [4.69, 9.17) is 14.2 Å². The Bertz CT molecular complexity index is 1010. The van der Waals surface area contributed by atoms with Crippen LogP contribution >= 0.6 is 0 Å². The first kappa shape index (κ1) is 24.2. The number of rotatable bonds is 8. The van der Waals surface area contributed by atoms with Gasteiger partial charge in [0.2, 0.25) is 5.91 Å². The van der Waals surface area contributed by atoms with Crippen LogP contribution < -0.4 is 14.2 Å². The molecular weight excluding hydrogens is 432 g/mol. The van der Waals surface area contributed by atoms with Crippen LogP contribution in [0, 0.1) is 5.92 Å². The Morgan fingerprint density at radius 2 is 1.76 bits per heavy atom. The molecule has 4 rings (SSSR count). The van der Waals surface area contributed by atoms with E-state index in [9.17, 15) is 9.90 Å². The molecule has 1 N–H and O–H groups in total. The molecule has 1 saturated heterocycles. The fourth-order valence-electron chi connectivity index (χ4n) is 5.20. The molecular formula is C27H36N2O5. The molecule has 184 valence electrons. The highest BCUT2D eigenvalue weighted by Gasteiger charge is 2.27. The van der Waals surface area contributed by atoms with Gasteiger partial charge in [0.1, 0.15) is 0 Å². The Morgan fingerprint density at radius 1 is 0.971 bits per heavy atom. The highest BCUT2D eigenvalue weighted by Crippen LogP contribution is 2.32. The monoisotopic (exact) mass is 468 g/mol. The van der Waals surface area contributed by atoms with Crippen molar-refractivity contribution in [1.29, 1.82) is 0 Å². The lowest BCUT2D eigenvalue weighted by Gasteiger charge is -2.35. The average molecular weight is 469 g/mol.